The van der Waals surface area contributed by atoms with Crippen LogP contribution in [0.25, 0.3) is 11.0 Å². The summed E-state index contributed by atoms with van der Waals surface area (Å²) in [5.74, 6) is 2.44. The van der Waals surface area contributed by atoms with Crippen LogP contribution in [0.4, 0.5) is 5.82 Å². The highest BCUT2D eigenvalue weighted by Crippen LogP contribution is 2.32. The van der Waals surface area contributed by atoms with Gasteiger partial charge in [0.15, 0.2) is 0 Å². The molecule has 0 unspecified atom stereocenters. The number of fused-ring (bicyclic) bond motifs is 1. The third-order valence-corrected chi connectivity index (χ3v) is 6.94. The van der Waals surface area contributed by atoms with Gasteiger partial charge in [0.2, 0.25) is 0 Å². The number of aromatic nitrogens is 3. The van der Waals surface area contributed by atoms with E-state index in [0.29, 0.717) is 23.5 Å². The number of nitrogens with one attached hydrogen (secondary N) is 2. The lowest BCUT2D eigenvalue weighted by Crippen LogP contribution is -2.37. The van der Waals surface area contributed by atoms with Crippen molar-refractivity contribution in [2.45, 2.75) is 38.6 Å². The molecule has 126 valence electrons. The normalized spacial score (nSPS) is 24.4. The molecule has 23 heavy (non-hydrogen) atoms. The van der Waals surface area contributed by atoms with Crippen molar-refractivity contribution in [3.05, 3.63) is 18.6 Å². The van der Waals surface area contributed by atoms with Gasteiger partial charge in [-0.3, -0.25) is 4.78 Å². The van der Waals surface area contributed by atoms with Crippen molar-refractivity contribution in [3.8, 4) is 0 Å². The summed E-state index contributed by atoms with van der Waals surface area (Å²) in [6.07, 6.45) is 7.72. The summed E-state index contributed by atoms with van der Waals surface area (Å²) in [6, 6.07) is 2.46. The second kappa shape index (κ2) is 6.47. The van der Waals surface area contributed by atoms with Crippen LogP contribution in [0.1, 0.15) is 32.6 Å². The Labute approximate surface area is 137 Å². The molecule has 1 atom stereocenters. The number of H-pyrrole nitrogens is 1. The molecule has 1 aliphatic carbocycles. The molecule has 2 N–H and O–H groups in total. The largest absolute Gasteiger partial charge is 0.356 e. The van der Waals surface area contributed by atoms with E-state index in [-0.39, 0.29) is 0 Å². The topological polar surface area (TPSA) is 85.7 Å². The minimum atomic E-state index is -2.37. The van der Waals surface area contributed by atoms with Crippen LogP contribution in [0.2, 0.25) is 0 Å². The van der Waals surface area contributed by atoms with Crippen molar-refractivity contribution in [1.82, 2.24) is 15.0 Å². The first-order valence-electron chi connectivity index (χ1n) is 8.25. The molecule has 0 bridgehead atoms. The van der Waals surface area contributed by atoms with E-state index in [1.165, 1.54) is 0 Å². The molecule has 0 radical (unpaired) electrons. The van der Waals surface area contributed by atoms with Gasteiger partial charge in [-0.05, 0) is 37.7 Å². The van der Waals surface area contributed by atoms with E-state index in [2.05, 4.69) is 26.9 Å². The number of nitrogens with zero attached hydrogens (tertiary/aromatic N) is 3. The molecule has 0 saturated heterocycles. The summed E-state index contributed by atoms with van der Waals surface area (Å²) in [5.41, 5.74) is 0.868. The first-order chi connectivity index (χ1) is 11.0. The van der Waals surface area contributed by atoms with Gasteiger partial charge in [0, 0.05) is 40.5 Å². The quantitative estimate of drug-likeness (QED) is 0.879. The lowest BCUT2D eigenvalue weighted by molar-refractivity contribution is 0.342. The molecule has 7 heteroatoms. The lowest BCUT2D eigenvalue weighted by Gasteiger charge is -2.35. The van der Waals surface area contributed by atoms with E-state index in [9.17, 15) is 4.21 Å². The Balaban J connectivity index is 1.67. The molecule has 1 fully saturated rings. The summed E-state index contributed by atoms with van der Waals surface area (Å²) in [6.45, 7) is 1.85. The van der Waals surface area contributed by atoms with Gasteiger partial charge in [0.25, 0.3) is 0 Å². The van der Waals surface area contributed by atoms with Crippen molar-refractivity contribution in [2.24, 2.45) is 5.92 Å². The third kappa shape index (κ3) is 3.49. The molecule has 2 heterocycles. The molecule has 0 aliphatic heterocycles. The van der Waals surface area contributed by atoms with Gasteiger partial charge in [-0.25, -0.2) is 14.2 Å². The molecule has 0 spiro atoms. The highest BCUT2D eigenvalue weighted by atomic mass is 32.2. The van der Waals surface area contributed by atoms with E-state index < -0.39 is 9.73 Å². The van der Waals surface area contributed by atoms with Crippen LogP contribution in [-0.4, -0.2) is 43.8 Å². The zero-order valence-corrected chi connectivity index (χ0v) is 14.6. The van der Waals surface area contributed by atoms with E-state index in [1.807, 2.05) is 19.2 Å². The summed E-state index contributed by atoms with van der Waals surface area (Å²) < 4.78 is 19.9. The molecule has 1 saturated carbocycles. The second-order valence-corrected chi connectivity index (χ2v) is 9.02. The number of aromatic amines is 1. The first-order valence-corrected chi connectivity index (χ1v) is 10.1. The Hall–Kier alpha value is -1.63. The Kier molecular flexibility index (Phi) is 4.57. The highest BCUT2D eigenvalue weighted by molar-refractivity contribution is 7.92. The molecule has 3 rings (SSSR count). The van der Waals surface area contributed by atoms with E-state index >= 15 is 0 Å². The van der Waals surface area contributed by atoms with Crippen LogP contribution in [0.3, 0.4) is 0 Å². The zero-order chi connectivity index (χ0) is 16.4. The molecule has 6 nitrogen and oxygen atoms in total. The number of rotatable bonds is 5. The van der Waals surface area contributed by atoms with Gasteiger partial charge in [0.05, 0.1) is 5.39 Å². The maximum atomic E-state index is 12.0. The lowest BCUT2D eigenvalue weighted by atomic mass is 9.86. The Morgan fingerprint density at radius 1 is 1.35 bits per heavy atom. The average molecular weight is 335 g/mol. The molecule has 2 aromatic rings. The van der Waals surface area contributed by atoms with Crippen molar-refractivity contribution in [1.29, 1.82) is 4.78 Å². The average Bonchev–Trinajstić information content (AvgIpc) is 3.03. The Morgan fingerprint density at radius 2 is 2.09 bits per heavy atom. The maximum absolute atomic E-state index is 12.0. The van der Waals surface area contributed by atoms with E-state index in [1.54, 1.807) is 6.33 Å². The number of hydrogen-bond donors (Lipinski definition) is 2. The van der Waals surface area contributed by atoms with Crippen LogP contribution >= 0.6 is 0 Å². The third-order valence-electron chi connectivity index (χ3n) is 5.00. The molecular weight excluding hydrogens is 310 g/mol. The number of hydrogen-bond acceptors (Lipinski definition) is 5. The second-order valence-electron chi connectivity index (χ2n) is 6.49. The van der Waals surface area contributed by atoms with Gasteiger partial charge >= 0.3 is 0 Å². The van der Waals surface area contributed by atoms with E-state index in [4.69, 9.17) is 4.78 Å². The SMILES string of the molecule is CC[S@](=N)(=O)C[C@H]1CC[C@H](N(C)c2ncnc3[nH]ccc23)CC1. The van der Waals surface area contributed by atoms with Crippen LogP contribution in [0.15, 0.2) is 18.6 Å². The fourth-order valence-electron chi connectivity index (χ4n) is 3.51. The van der Waals surface area contributed by atoms with Crippen LogP contribution in [-0.2, 0) is 9.73 Å². The van der Waals surface area contributed by atoms with Crippen LogP contribution in [0, 0.1) is 10.7 Å². The molecule has 0 aromatic carbocycles. The van der Waals surface area contributed by atoms with Crippen molar-refractivity contribution in [3.63, 3.8) is 0 Å². The molecular formula is C16H25N5OS. The molecule has 2 aromatic heterocycles. The highest BCUT2D eigenvalue weighted by Gasteiger charge is 2.27. The fourth-order valence-corrected chi connectivity index (χ4v) is 4.84. The monoisotopic (exact) mass is 335 g/mol. The fraction of sp³-hybridized carbons (Fsp3) is 0.625. The van der Waals surface area contributed by atoms with Gasteiger partial charge in [-0.2, -0.15) is 0 Å². The van der Waals surface area contributed by atoms with Gasteiger partial charge in [-0.1, -0.05) is 6.92 Å². The van der Waals surface area contributed by atoms with Crippen molar-refractivity contribution >= 4 is 26.6 Å². The summed E-state index contributed by atoms with van der Waals surface area (Å²) in [5, 5.41) is 1.05. The predicted molar refractivity (Wildman–Crippen MR) is 94.3 cm³/mol. The summed E-state index contributed by atoms with van der Waals surface area (Å²) in [4.78, 5) is 14.1. The summed E-state index contributed by atoms with van der Waals surface area (Å²) in [7, 11) is -0.272. The number of anilines is 1. The smallest absolute Gasteiger partial charge is 0.142 e. The van der Waals surface area contributed by atoms with Crippen LogP contribution in [0.5, 0.6) is 0 Å². The van der Waals surface area contributed by atoms with Crippen LogP contribution < -0.4 is 4.90 Å². The van der Waals surface area contributed by atoms with Gasteiger partial charge in [-0.15, -0.1) is 0 Å². The summed E-state index contributed by atoms with van der Waals surface area (Å²) >= 11 is 0. The molecule has 0 amide bonds. The Bertz CT molecular complexity index is 762. The first kappa shape index (κ1) is 16.2. The Morgan fingerprint density at radius 3 is 2.78 bits per heavy atom. The van der Waals surface area contributed by atoms with Crippen molar-refractivity contribution in [2.75, 3.05) is 23.5 Å². The van der Waals surface area contributed by atoms with Gasteiger partial charge in [0.1, 0.15) is 17.8 Å². The van der Waals surface area contributed by atoms with Gasteiger partial charge < -0.3 is 9.88 Å². The predicted octanol–water partition coefficient (Wildman–Crippen LogP) is 3.02. The standard InChI is InChI=1S/C16H25N5OS/c1-3-23(17,22)10-12-4-6-13(7-5-12)21(2)16-14-8-9-18-15(14)19-11-20-16/h8-9,11-13,17H,3-7,10H2,1-2H3,(H,18,19,20)/t12-,13-,23-/m0/s1. The molecule has 1 aliphatic rings. The zero-order valence-electron chi connectivity index (χ0n) is 13.8. The van der Waals surface area contributed by atoms with E-state index in [0.717, 1.165) is 42.5 Å². The minimum Gasteiger partial charge on any atom is -0.356 e. The maximum Gasteiger partial charge on any atom is 0.142 e. The minimum absolute atomic E-state index is 0.433. The van der Waals surface area contributed by atoms with Crippen molar-refractivity contribution < 1.29 is 4.21 Å².